The van der Waals surface area contributed by atoms with E-state index in [0.29, 0.717) is 9.92 Å². The Morgan fingerprint density at radius 3 is 2.33 bits per heavy atom. The molecule has 3 rings (SSSR count). The number of thioether (sulfide) groups is 1. The monoisotopic (exact) mass is 503 g/mol. The van der Waals surface area contributed by atoms with Crippen LogP contribution in [0, 0.1) is 17.5 Å². The molecule has 0 amide bonds. The highest BCUT2D eigenvalue weighted by molar-refractivity contribution is 7.99. The molecule has 12 heteroatoms. The zero-order chi connectivity index (χ0) is 24.1. The molecule has 0 radical (unpaired) electrons. The zero-order valence-corrected chi connectivity index (χ0v) is 18.8. The van der Waals surface area contributed by atoms with Gasteiger partial charge in [0.15, 0.2) is 17.5 Å². The quantitative estimate of drug-likeness (QED) is 0.222. The van der Waals surface area contributed by atoms with E-state index in [1.54, 1.807) is 24.3 Å². The lowest BCUT2D eigenvalue weighted by atomic mass is 10.1. The molecule has 0 aliphatic rings. The number of aromatic nitrogens is 3. The summed E-state index contributed by atoms with van der Waals surface area (Å²) in [5.74, 6) is -4.31. The molecule has 0 fully saturated rings. The van der Waals surface area contributed by atoms with Crippen molar-refractivity contribution in [3.8, 4) is 11.3 Å². The van der Waals surface area contributed by atoms with Gasteiger partial charge in [-0.25, -0.2) is 17.9 Å². The lowest BCUT2D eigenvalue weighted by Crippen LogP contribution is -2.39. The van der Waals surface area contributed by atoms with E-state index in [2.05, 4.69) is 10.3 Å². The third-order valence-electron chi connectivity index (χ3n) is 4.60. The lowest BCUT2D eigenvalue weighted by Gasteiger charge is -2.28. The average molecular weight is 504 g/mol. The third kappa shape index (κ3) is 6.69. The molecule has 3 N–H and O–H groups in total. The molecule has 0 aliphatic carbocycles. The van der Waals surface area contributed by atoms with Crippen molar-refractivity contribution in [1.82, 2.24) is 15.0 Å². The Kier molecular flexibility index (Phi) is 8.74. The van der Waals surface area contributed by atoms with Gasteiger partial charge in [0, 0.05) is 15.5 Å². The van der Waals surface area contributed by atoms with Gasteiger partial charge in [0.25, 0.3) is 0 Å². The Morgan fingerprint density at radius 1 is 1.12 bits per heavy atom. The highest BCUT2D eigenvalue weighted by Crippen LogP contribution is 2.30. The molecule has 0 aliphatic heterocycles. The van der Waals surface area contributed by atoms with E-state index in [-0.39, 0.29) is 17.8 Å². The first-order chi connectivity index (χ1) is 15.7. The Labute approximate surface area is 196 Å². The van der Waals surface area contributed by atoms with E-state index in [1.807, 2.05) is 0 Å². The summed E-state index contributed by atoms with van der Waals surface area (Å²) >= 11 is 7.04. The van der Waals surface area contributed by atoms with Crippen LogP contribution in [0.1, 0.15) is 6.92 Å². The normalized spacial score (nSPS) is 15.3. The third-order valence-corrected chi connectivity index (χ3v) is 6.05. The maximum absolute atomic E-state index is 13.5. The predicted octanol–water partition coefficient (Wildman–Crippen LogP) is 3.25. The van der Waals surface area contributed by atoms with E-state index in [9.17, 15) is 28.5 Å². The fraction of sp³-hybridized carbons (Fsp3) is 0.333. The van der Waals surface area contributed by atoms with Crippen molar-refractivity contribution in [3.63, 3.8) is 0 Å². The fourth-order valence-electron chi connectivity index (χ4n) is 2.83. The van der Waals surface area contributed by atoms with Gasteiger partial charge in [0.2, 0.25) is 0 Å². The van der Waals surface area contributed by atoms with Crippen LogP contribution in [0.4, 0.5) is 13.2 Å². The van der Waals surface area contributed by atoms with Crippen molar-refractivity contribution in [1.29, 1.82) is 0 Å². The fourth-order valence-corrected chi connectivity index (χ4v) is 3.96. The van der Waals surface area contributed by atoms with Crippen LogP contribution in [0.3, 0.4) is 0 Å². The second kappa shape index (κ2) is 11.3. The number of nitrogens with zero attached hydrogens (tertiary/aromatic N) is 3. The number of halogens is 4. The van der Waals surface area contributed by atoms with Crippen molar-refractivity contribution < 1.29 is 33.2 Å². The highest BCUT2D eigenvalue weighted by atomic mass is 35.5. The van der Waals surface area contributed by atoms with Crippen LogP contribution >= 0.6 is 23.4 Å². The van der Waals surface area contributed by atoms with Gasteiger partial charge in [-0.1, -0.05) is 28.6 Å². The maximum atomic E-state index is 13.5. The summed E-state index contributed by atoms with van der Waals surface area (Å²) in [6.45, 7) is 0.835. The number of aliphatic hydroxyl groups excluding tert-OH is 3. The molecular weight excluding hydrogens is 483 g/mol. The number of hydrogen-bond donors (Lipinski definition) is 3. The van der Waals surface area contributed by atoms with Crippen molar-refractivity contribution in [3.05, 3.63) is 65.1 Å². The Bertz CT molecular complexity index is 1050. The van der Waals surface area contributed by atoms with Gasteiger partial charge in [0.1, 0.15) is 23.3 Å². The minimum Gasteiger partial charge on any atom is -0.394 e. The number of ether oxygens (including phenoxy) is 1. The Morgan fingerprint density at radius 2 is 1.76 bits per heavy atom. The van der Waals surface area contributed by atoms with Crippen LogP contribution in [0.2, 0.25) is 5.02 Å². The molecule has 0 saturated heterocycles. The van der Waals surface area contributed by atoms with Crippen molar-refractivity contribution in [2.45, 2.75) is 42.1 Å². The Balaban J connectivity index is 1.78. The molecule has 0 saturated carbocycles. The minimum absolute atomic E-state index is 0.0232. The summed E-state index contributed by atoms with van der Waals surface area (Å²) in [4.78, 5) is 0.710. The first-order valence-corrected chi connectivity index (χ1v) is 11.0. The van der Waals surface area contributed by atoms with E-state index in [1.165, 1.54) is 17.8 Å². The molecule has 4 atom stereocenters. The van der Waals surface area contributed by atoms with Crippen LogP contribution in [-0.4, -0.2) is 60.7 Å². The largest absolute Gasteiger partial charge is 0.394 e. The summed E-state index contributed by atoms with van der Waals surface area (Å²) in [5.41, 5.74) is -0.892. The van der Waals surface area contributed by atoms with Crippen molar-refractivity contribution in [2.75, 3.05) is 6.61 Å². The van der Waals surface area contributed by atoms with Crippen LogP contribution in [-0.2, 0) is 11.3 Å². The van der Waals surface area contributed by atoms with E-state index < -0.39 is 47.8 Å². The topological polar surface area (TPSA) is 101 Å². The smallest absolute Gasteiger partial charge is 0.194 e. The molecule has 2 aromatic carbocycles. The summed E-state index contributed by atoms with van der Waals surface area (Å²) in [7, 11) is 0. The minimum atomic E-state index is -1.59. The van der Waals surface area contributed by atoms with Crippen LogP contribution in [0.15, 0.2) is 47.5 Å². The van der Waals surface area contributed by atoms with E-state index in [0.717, 1.165) is 23.9 Å². The molecule has 0 bridgehead atoms. The summed E-state index contributed by atoms with van der Waals surface area (Å²) in [5, 5.41) is 38.3. The van der Waals surface area contributed by atoms with Gasteiger partial charge in [-0.15, -0.1) is 5.10 Å². The number of hydrogen-bond acceptors (Lipinski definition) is 7. The first-order valence-electron chi connectivity index (χ1n) is 9.77. The molecule has 178 valence electrons. The van der Waals surface area contributed by atoms with Crippen LogP contribution in [0.25, 0.3) is 11.3 Å². The van der Waals surface area contributed by atoms with Gasteiger partial charge < -0.3 is 20.1 Å². The standard InChI is InChI=1S/C21H21ClF3N3O4S/c1-11(30)19(10-29)32-21(33-14-4-2-13(22)3-5-14)18(31)9-28-8-17(26-27-28)12-6-15(23)20(25)16(24)7-12/h2-8,11,18-19,21,29-31H,9-10H2,1H3/t11-,18+,19?,21?/m1/s1. The van der Waals surface area contributed by atoms with Crippen molar-refractivity contribution >= 4 is 23.4 Å². The molecule has 7 nitrogen and oxygen atoms in total. The van der Waals surface area contributed by atoms with Gasteiger partial charge in [-0.3, -0.25) is 0 Å². The highest BCUT2D eigenvalue weighted by Gasteiger charge is 2.28. The molecule has 0 spiro atoms. The van der Waals surface area contributed by atoms with Gasteiger partial charge in [-0.2, -0.15) is 0 Å². The molecule has 3 aromatic rings. The first kappa shape index (κ1) is 25.5. The summed E-state index contributed by atoms with van der Waals surface area (Å²) in [6.07, 6.45) is -1.83. The number of benzene rings is 2. The van der Waals surface area contributed by atoms with Crippen molar-refractivity contribution in [2.24, 2.45) is 0 Å². The molecule has 2 unspecified atom stereocenters. The van der Waals surface area contributed by atoms with E-state index >= 15 is 0 Å². The Hall–Kier alpha value is -2.15. The second-order valence-electron chi connectivity index (χ2n) is 7.18. The molecule has 1 aromatic heterocycles. The maximum Gasteiger partial charge on any atom is 0.194 e. The summed E-state index contributed by atoms with van der Waals surface area (Å²) in [6, 6.07) is 8.35. The predicted molar refractivity (Wildman–Crippen MR) is 116 cm³/mol. The molecule has 1 heterocycles. The van der Waals surface area contributed by atoms with Gasteiger partial charge in [-0.05, 0) is 43.3 Å². The zero-order valence-electron chi connectivity index (χ0n) is 17.3. The number of rotatable bonds is 10. The lowest BCUT2D eigenvalue weighted by molar-refractivity contribution is -0.0972. The second-order valence-corrected chi connectivity index (χ2v) is 8.79. The molecular formula is C21H21ClF3N3O4S. The number of aliphatic hydroxyl groups is 3. The average Bonchev–Trinajstić information content (AvgIpc) is 3.24. The SMILES string of the molecule is C[C@@H](O)C(CO)OC(Sc1ccc(Cl)cc1)[C@@H](O)Cn1cc(-c2cc(F)c(F)c(F)c2)nn1. The molecule has 33 heavy (non-hydrogen) atoms. The summed E-state index contributed by atoms with van der Waals surface area (Å²) < 4.78 is 47.2. The van der Waals surface area contributed by atoms with E-state index in [4.69, 9.17) is 16.3 Å². The van der Waals surface area contributed by atoms with Crippen LogP contribution < -0.4 is 0 Å². The van der Waals surface area contributed by atoms with Gasteiger partial charge in [0.05, 0.1) is 25.5 Å². The van der Waals surface area contributed by atoms with Gasteiger partial charge >= 0.3 is 0 Å². The van der Waals surface area contributed by atoms with Crippen LogP contribution in [0.5, 0.6) is 0 Å².